The van der Waals surface area contributed by atoms with Crippen molar-refractivity contribution in [3.05, 3.63) is 72.1 Å². The van der Waals surface area contributed by atoms with Crippen molar-refractivity contribution in [3.63, 3.8) is 0 Å². The van der Waals surface area contributed by atoms with Crippen molar-refractivity contribution in [1.29, 1.82) is 0 Å². The number of nitrogens with zero attached hydrogens (tertiary/aromatic N) is 1. The van der Waals surface area contributed by atoms with E-state index in [2.05, 4.69) is 22.8 Å². The van der Waals surface area contributed by atoms with Crippen LogP contribution in [0.15, 0.2) is 60.9 Å². The normalized spacial score (nSPS) is 11.3. The lowest BCUT2D eigenvalue weighted by Gasteiger charge is -2.02. The number of para-hydroxylation sites is 1. The molecule has 0 aliphatic heterocycles. The molecule has 3 nitrogen and oxygen atoms in total. The number of rotatable bonds is 6. The van der Waals surface area contributed by atoms with Gasteiger partial charge in [0.05, 0.1) is 13.7 Å². The third-order valence-electron chi connectivity index (χ3n) is 3.12. The van der Waals surface area contributed by atoms with E-state index in [1.165, 1.54) is 0 Å². The minimum absolute atomic E-state index is 0.654. The second-order valence-corrected chi connectivity index (χ2v) is 4.62. The highest BCUT2D eigenvalue weighted by atomic mass is 16.5. The van der Waals surface area contributed by atoms with Crippen molar-refractivity contribution in [2.45, 2.75) is 6.54 Å². The quantitative estimate of drug-likeness (QED) is 0.653. The molecule has 0 unspecified atom stereocenters. The van der Waals surface area contributed by atoms with Gasteiger partial charge in [-0.2, -0.15) is 0 Å². The highest BCUT2D eigenvalue weighted by molar-refractivity contribution is 5.60. The van der Waals surface area contributed by atoms with E-state index >= 15 is 0 Å². The van der Waals surface area contributed by atoms with Crippen LogP contribution in [0.3, 0.4) is 0 Å². The van der Waals surface area contributed by atoms with Crippen molar-refractivity contribution in [3.8, 4) is 5.75 Å². The summed E-state index contributed by atoms with van der Waals surface area (Å²) in [5.74, 6) is 0.879. The smallest absolute Gasteiger partial charge is 0.169 e. The molecule has 0 saturated heterocycles. The number of nitrogens with two attached hydrogens (primary N) is 1. The highest BCUT2D eigenvalue weighted by Crippen LogP contribution is 2.18. The SMILES string of the molecule is COc1ccccc1/C=C\C=C\c1cc[n+](CCN)cc1. The molecule has 0 atom stereocenters. The molecule has 0 aliphatic rings. The van der Waals surface area contributed by atoms with Gasteiger partial charge in [-0.1, -0.05) is 42.5 Å². The van der Waals surface area contributed by atoms with Gasteiger partial charge in [0, 0.05) is 17.7 Å². The molecule has 21 heavy (non-hydrogen) atoms. The first-order valence-corrected chi connectivity index (χ1v) is 7.00. The Kier molecular flexibility index (Phi) is 5.73. The summed E-state index contributed by atoms with van der Waals surface area (Å²) in [6.07, 6.45) is 12.2. The summed E-state index contributed by atoms with van der Waals surface area (Å²) >= 11 is 0. The van der Waals surface area contributed by atoms with Crippen LogP contribution in [0.4, 0.5) is 0 Å². The summed E-state index contributed by atoms with van der Waals surface area (Å²) in [7, 11) is 1.68. The third kappa shape index (κ3) is 4.58. The van der Waals surface area contributed by atoms with Crippen LogP contribution in [-0.4, -0.2) is 13.7 Å². The van der Waals surface area contributed by atoms with Crippen LogP contribution in [0, 0.1) is 0 Å². The van der Waals surface area contributed by atoms with E-state index < -0.39 is 0 Å². The maximum atomic E-state index is 5.52. The monoisotopic (exact) mass is 281 g/mol. The molecule has 0 radical (unpaired) electrons. The van der Waals surface area contributed by atoms with Gasteiger partial charge in [0.2, 0.25) is 0 Å². The number of hydrogen-bond donors (Lipinski definition) is 1. The van der Waals surface area contributed by atoms with Crippen LogP contribution < -0.4 is 15.0 Å². The van der Waals surface area contributed by atoms with Crippen molar-refractivity contribution in [2.75, 3.05) is 13.7 Å². The van der Waals surface area contributed by atoms with Crippen LogP contribution >= 0.6 is 0 Å². The molecule has 0 aliphatic carbocycles. The molecular formula is C18H21N2O+. The summed E-state index contributed by atoms with van der Waals surface area (Å²) in [4.78, 5) is 0. The minimum atomic E-state index is 0.654. The van der Waals surface area contributed by atoms with Gasteiger partial charge in [-0.05, 0) is 11.6 Å². The van der Waals surface area contributed by atoms with Crippen molar-refractivity contribution in [1.82, 2.24) is 0 Å². The van der Waals surface area contributed by atoms with Crippen LogP contribution in [0.5, 0.6) is 5.75 Å². The average molecular weight is 281 g/mol. The number of methoxy groups -OCH3 is 1. The highest BCUT2D eigenvalue weighted by Gasteiger charge is 1.97. The molecule has 2 aromatic rings. The molecule has 0 bridgehead atoms. The standard InChI is InChI=1S/C18H21N2O/c1-21-18-9-5-4-8-17(18)7-3-2-6-16-10-13-20(14-11-16)15-12-19/h2-11,13-14H,12,15,19H2,1H3/q+1/b6-2+,7-3-. The lowest BCUT2D eigenvalue weighted by atomic mass is 10.2. The van der Waals surface area contributed by atoms with E-state index in [1.54, 1.807) is 7.11 Å². The molecule has 3 heteroatoms. The van der Waals surface area contributed by atoms with E-state index in [1.807, 2.05) is 54.9 Å². The molecule has 0 spiro atoms. The predicted octanol–water partition coefficient (Wildman–Crippen LogP) is 2.67. The van der Waals surface area contributed by atoms with Gasteiger partial charge >= 0.3 is 0 Å². The number of benzene rings is 1. The Bertz CT molecular complexity index is 615. The van der Waals surface area contributed by atoms with Gasteiger partial charge in [0.1, 0.15) is 5.75 Å². The van der Waals surface area contributed by atoms with E-state index in [-0.39, 0.29) is 0 Å². The number of hydrogen-bond acceptors (Lipinski definition) is 2. The fourth-order valence-electron chi connectivity index (χ4n) is 2.01. The van der Waals surface area contributed by atoms with E-state index in [0.717, 1.165) is 23.4 Å². The Morgan fingerprint density at radius 1 is 1.05 bits per heavy atom. The lowest BCUT2D eigenvalue weighted by Crippen LogP contribution is -2.36. The topological polar surface area (TPSA) is 39.1 Å². The number of aromatic nitrogens is 1. The van der Waals surface area contributed by atoms with Crippen molar-refractivity contribution >= 4 is 12.2 Å². The largest absolute Gasteiger partial charge is 0.496 e. The molecule has 2 N–H and O–H groups in total. The number of pyridine rings is 1. The van der Waals surface area contributed by atoms with Crippen LogP contribution in [0.25, 0.3) is 12.2 Å². The first-order chi connectivity index (χ1) is 10.3. The second-order valence-electron chi connectivity index (χ2n) is 4.62. The van der Waals surface area contributed by atoms with Gasteiger partial charge < -0.3 is 10.5 Å². The first kappa shape index (κ1) is 15.0. The second kappa shape index (κ2) is 8.02. The summed E-state index contributed by atoms with van der Waals surface area (Å²) in [5.41, 5.74) is 7.75. The molecule has 108 valence electrons. The zero-order valence-electron chi connectivity index (χ0n) is 12.3. The molecule has 1 aromatic heterocycles. The van der Waals surface area contributed by atoms with Gasteiger partial charge in [0.25, 0.3) is 0 Å². The van der Waals surface area contributed by atoms with Crippen LogP contribution in [-0.2, 0) is 6.54 Å². The predicted molar refractivity (Wildman–Crippen MR) is 86.8 cm³/mol. The molecule has 1 aromatic carbocycles. The van der Waals surface area contributed by atoms with E-state index in [4.69, 9.17) is 10.5 Å². The Hall–Kier alpha value is -2.39. The molecular weight excluding hydrogens is 260 g/mol. The van der Waals surface area contributed by atoms with Crippen LogP contribution in [0.2, 0.25) is 0 Å². The minimum Gasteiger partial charge on any atom is -0.496 e. The Balaban J connectivity index is 1.99. The summed E-state index contributed by atoms with van der Waals surface area (Å²) in [6.45, 7) is 1.50. The Morgan fingerprint density at radius 2 is 1.76 bits per heavy atom. The van der Waals surface area contributed by atoms with Gasteiger partial charge in [0.15, 0.2) is 18.9 Å². The van der Waals surface area contributed by atoms with Gasteiger partial charge in [-0.25, -0.2) is 4.57 Å². The number of allylic oxidation sites excluding steroid dienone is 2. The summed E-state index contributed by atoms with van der Waals surface area (Å²) in [6, 6.07) is 12.1. The summed E-state index contributed by atoms with van der Waals surface area (Å²) in [5, 5.41) is 0. The molecule has 1 heterocycles. The molecule has 2 rings (SSSR count). The molecule has 0 amide bonds. The fraction of sp³-hybridized carbons (Fsp3) is 0.167. The third-order valence-corrected chi connectivity index (χ3v) is 3.12. The van der Waals surface area contributed by atoms with Gasteiger partial charge in [-0.15, -0.1) is 0 Å². The first-order valence-electron chi connectivity index (χ1n) is 7.00. The zero-order chi connectivity index (χ0) is 14.9. The Labute approximate surface area is 126 Å². The van der Waals surface area contributed by atoms with Crippen LogP contribution in [0.1, 0.15) is 11.1 Å². The van der Waals surface area contributed by atoms with Crippen molar-refractivity contribution < 1.29 is 9.30 Å². The molecule has 0 fully saturated rings. The van der Waals surface area contributed by atoms with E-state index in [9.17, 15) is 0 Å². The average Bonchev–Trinajstić information content (AvgIpc) is 2.54. The van der Waals surface area contributed by atoms with Gasteiger partial charge in [-0.3, -0.25) is 0 Å². The zero-order valence-corrected chi connectivity index (χ0v) is 12.3. The lowest BCUT2D eigenvalue weighted by molar-refractivity contribution is -0.694. The maximum Gasteiger partial charge on any atom is 0.169 e. The summed E-state index contributed by atoms with van der Waals surface area (Å²) < 4.78 is 7.38. The maximum absolute atomic E-state index is 5.52. The van der Waals surface area contributed by atoms with E-state index in [0.29, 0.717) is 6.54 Å². The molecule has 0 saturated carbocycles. The number of ether oxygens (including phenoxy) is 1. The Morgan fingerprint density at radius 3 is 2.48 bits per heavy atom. The van der Waals surface area contributed by atoms with Crippen molar-refractivity contribution in [2.24, 2.45) is 5.73 Å². The fourth-order valence-corrected chi connectivity index (χ4v) is 2.01.